The number of rotatable bonds is 5. The molecule has 0 amide bonds. The number of imidazole rings is 1. The molecule has 0 aliphatic carbocycles. The Hall–Kier alpha value is -2.13. The van der Waals surface area contributed by atoms with Gasteiger partial charge in [-0.05, 0) is 27.8 Å². The third-order valence-corrected chi connectivity index (χ3v) is 4.18. The maximum absolute atomic E-state index is 5.77. The Morgan fingerprint density at radius 1 is 1.05 bits per heavy atom. The highest BCUT2D eigenvalue weighted by molar-refractivity contribution is 5.89. The number of hydrogen-bond donors (Lipinski definition) is 0. The molecule has 1 aromatic heterocycles. The molecule has 114 valence electrons. The molecule has 0 aliphatic rings. The lowest BCUT2D eigenvalue weighted by atomic mass is 9.91. The van der Waals surface area contributed by atoms with E-state index in [-0.39, 0.29) is 6.10 Å². The highest BCUT2D eigenvalue weighted by Crippen LogP contribution is 2.32. The maximum atomic E-state index is 5.77. The summed E-state index contributed by atoms with van der Waals surface area (Å²) in [5.41, 5.74) is 2.62. The van der Waals surface area contributed by atoms with Gasteiger partial charge in [-0.3, -0.25) is 0 Å². The third-order valence-electron chi connectivity index (χ3n) is 4.18. The van der Waals surface area contributed by atoms with E-state index in [0.717, 1.165) is 6.54 Å². The number of fused-ring (bicyclic) bond motifs is 1. The number of nitrogens with zero attached hydrogens (tertiary/aromatic N) is 2. The van der Waals surface area contributed by atoms with Crippen molar-refractivity contribution in [1.29, 1.82) is 0 Å². The van der Waals surface area contributed by atoms with Crippen LogP contribution in [0.2, 0.25) is 0 Å². The number of ether oxygens (including phenoxy) is 1. The molecule has 0 bridgehead atoms. The van der Waals surface area contributed by atoms with Crippen molar-refractivity contribution < 1.29 is 4.74 Å². The minimum Gasteiger partial charge on any atom is -0.375 e. The molecule has 2 aromatic carbocycles. The molecular weight excluding hydrogens is 272 g/mol. The molecule has 3 rings (SSSR count). The van der Waals surface area contributed by atoms with E-state index in [4.69, 9.17) is 4.74 Å². The topological polar surface area (TPSA) is 27.1 Å². The Bertz CT molecular complexity index is 747. The molecule has 0 radical (unpaired) electrons. The van der Waals surface area contributed by atoms with Gasteiger partial charge in [0.2, 0.25) is 0 Å². The number of methoxy groups -OCH3 is 1. The Kier molecular flexibility index (Phi) is 4.25. The average Bonchev–Trinajstić information content (AvgIpc) is 3.04. The van der Waals surface area contributed by atoms with Gasteiger partial charge in [0.25, 0.3) is 0 Å². The molecule has 3 heteroatoms. The van der Waals surface area contributed by atoms with E-state index in [1.807, 2.05) is 12.5 Å². The standard InChI is InChI=1S/C19H22N2O/c1-14(2)15-8-9-18(17-7-5-4-6-16(15)17)19(22-3)12-21-11-10-20-13-21/h4-11,13-14,19H,12H2,1-3H3. The first-order valence-corrected chi connectivity index (χ1v) is 7.70. The molecule has 3 nitrogen and oxygen atoms in total. The lowest BCUT2D eigenvalue weighted by Gasteiger charge is -2.20. The highest BCUT2D eigenvalue weighted by Gasteiger charge is 2.16. The SMILES string of the molecule is COC(Cn1ccnc1)c1ccc(C(C)C)c2ccccc12. The van der Waals surface area contributed by atoms with Gasteiger partial charge < -0.3 is 9.30 Å². The van der Waals surface area contributed by atoms with Gasteiger partial charge in [0.1, 0.15) is 6.10 Å². The van der Waals surface area contributed by atoms with Crippen molar-refractivity contribution >= 4 is 10.8 Å². The number of hydrogen-bond acceptors (Lipinski definition) is 2. The molecule has 0 spiro atoms. The summed E-state index contributed by atoms with van der Waals surface area (Å²) in [5, 5.41) is 2.60. The first-order valence-electron chi connectivity index (χ1n) is 7.70. The largest absolute Gasteiger partial charge is 0.375 e. The van der Waals surface area contributed by atoms with E-state index in [2.05, 4.69) is 59.8 Å². The van der Waals surface area contributed by atoms with Gasteiger partial charge in [0.15, 0.2) is 0 Å². The summed E-state index contributed by atoms with van der Waals surface area (Å²) >= 11 is 0. The summed E-state index contributed by atoms with van der Waals surface area (Å²) in [6.07, 6.45) is 5.61. The molecule has 22 heavy (non-hydrogen) atoms. The third kappa shape index (κ3) is 2.77. The molecular formula is C19H22N2O. The van der Waals surface area contributed by atoms with Crippen LogP contribution in [0.25, 0.3) is 10.8 Å². The van der Waals surface area contributed by atoms with Crippen LogP contribution in [0.15, 0.2) is 55.1 Å². The van der Waals surface area contributed by atoms with Crippen molar-refractivity contribution in [3.05, 3.63) is 66.2 Å². The van der Waals surface area contributed by atoms with E-state index < -0.39 is 0 Å². The first kappa shape index (κ1) is 14.8. The van der Waals surface area contributed by atoms with Gasteiger partial charge in [0, 0.05) is 19.5 Å². The van der Waals surface area contributed by atoms with Crippen LogP contribution in [-0.2, 0) is 11.3 Å². The predicted octanol–water partition coefficient (Wildman–Crippen LogP) is 4.55. The van der Waals surface area contributed by atoms with Gasteiger partial charge in [-0.2, -0.15) is 0 Å². The number of aromatic nitrogens is 2. The van der Waals surface area contributed by atoms with Crippen LogP contribution >= 0.6 is 0 Å². The van der Waals surface area contributed by atoms with E-state index in [0.29, 0.717) is 5.92 Å². The Labute approximate surface area is 131 Å². The molecule has 0 aliphatic heterocycles. The van der Waals surface area contributed by atoms with Crippen molar-refractivity contribution in [2.75, 3.05) is 7.11 Å². The summed E-state index contributed by atoms with van der Waals surface area (Å²) in [6.45, 7) is 5.24. The fourth-order valence-electron chi connectivity index (χ4n) is 3.02. The summed E-state index contributed by atoms with van der Waals surface area (Å²) in [6, 6.07) is 13.1. The monoisotopic (exact) mass is 294 g/mol. The maximum Gasteiger partial charge on any atom is 0.101 e. The van der Waals surface area contributed by atoms with Crippen molar-refractivity contribution in [2.24, 2.45) is 0 Å². The zero-order valence-electron chi connectivity index (χ0n) is 13.4. The van der Waals surface area contributed by atoms with Gasteiger partial charge in [0.05, 0.1) is 12.9 Å². The zero-order chi connectivity index (χ0) is 15.5. The smallest absolute Gasteiger partial charge is 0.101 e. The fraction of sp³-hybridized carbons (Fsp3) is 0.316. The summed E-state index contributed by atoms with van der Waals surface area (Å²) in [5.74, 6) is 0.508. The number of benzene rings is 2. The second-order valence-corrected chi connectivity index (χ2v) is 5.93. The van der Waals surface area contributed by atoms with Crippen molar-refractivity contribution in [1.82, 2.24) is 9.55 Å². The molecule has 0 fully saturated rings. The Balaban J connectivity index is 2.08. The first-order chi connectivity index (χ1) is 10.7. The molecule has 0 N–H and O–H groups in total. The van der Waals surface area contributed by atoms with Crippen LogP contribution in [0.5, 0.6) is 0 Å². The second kappa shape index (κ2) is 6.32. The van der Waals surface area contributed by atoms with Crippen LogP contribution in [0.1, 0.15) is 37.0 Å². The summed E-state index contributed by atoms with van der Waals surface area (Å²) in [7, 11) is 1.77. The van der Waals surface area contributed by atoms with Crippen LogP contribution in [0, 0.1) is 0 Å². The van der Waals surface area contributed by atoms with E-state index in [1.54, 1.807) is 13.3 Å². The molecule has 3 aromatic rings. The summed E-state index contributed by atoms with van der Waals surface area (Å²) < 4.78 is 7.82. The van der Waals surface area contributed by atoms with Gasteiger partial charge in [-0.1, -0.05) is 50.2 Å². The fourth-order valence-corrected chi connectivity index (χ4v) is 3.02. The quantitative estimate of drug-likeness (QED) is 0.690. The average molecular weight is 294 g/mol. The minimum absolute atomic E-state index is 0.0142. The minimum atomic E-state index is 0.0142. The van der Waals surface area contributed by atoms with E-state index in [1.165, 1.54) is 21.9 Å². The molecule has 1 heterocycles. The second-order valence-electron chi connectivity index (χ2n) is 5.93. The lowest BCUT2D eigenvalue weighted by molar-refractivity contribution is 0.0890. The molecule has 0 saturated heterocycles. The van der Waals surface area contributed by atoms with E-state index >= 15 is 0 Å². The van der Waals surface area contributed by atoms with Crippen LogP contribution in [-0.4, -0.2) is 16.7 Å². The van der Waals surface area contributed by atoms with E-state index in [9.17, 15) is 0 Å². The van der Waals surface area contributed by atoms with Crippen LogP contribution < -0.4 is 0 Å². The zero-order valence-corrected chi connectivity index (χ0v) is 13.4. The van der Waals surface area contributed by atoms with Gasteiger partial charge in [-0.15, -0.1) is 0 Å². The highest BCUT2D eigenvalue weighted by atomic mass is 16.5. The van der Waals surface area contributed by atoms with Crippen molar-refractivity contribution in [3.8, 4) is 0 Å². The van der Waals surface area contributed by atoms with Crippen LogP contribution in [0.4, 0.5) is 0 Å². The molecule has 1 atom stereocenters. The Morgan fingerprint density at radius 3 is 2.32 bits per heavy atom. The molecule has 1 unspecified atom stereocenters. The summed E-state index contributed by atoms with van der Waals surface area (Å²) in [4.78, 5) is 4.11. The van der Waals surface area contributed by atoms with Gasteiger partial charge in [-0.25, -0.2) is 4.98 Å². The Morgan fingerprint density at radius 2 is 1.73 bits per heavy atom. The normalized spacial score (nSPS) is 12.9. The van der Waals surface area contributed by atoms with Gasteiger partial charge >= 0.3 is 0 Å². The van der Waals surface area contributed by atoms with Crippen molar-refractivity contribution in [2.45, 2.75) is 32.4 Å². The molecule has 0 saturated carbocycles. The van der Waals surface area contributed by atoms with Crippen LogP contribution in [0.3, 0.4) is 0 Å². The predicted molar refractivity (Wildman–Crippen MR) is 90.0 cm³/mol. The lowest BCUT2D eigenvalue weighted by Crippen LogP contribution is -2.11. The van der Waals surface area contributed by atoms with Crippen molar-refractivity contribution in [3.63, 3.8) is 0 Å².